The molecule has 0 spiro atoms. The van der Waals surface area contributed by atoms with E-state index in [1.165, 1.54) is 35.6 Å². The van der Waals surface area contributed by atoms with E-state index in [2.05, 4.69) is 164 Å². The number of H-pyrrole nitrogens is 1. The summed E-state index contributed by atoms with van der Waals surface area (Å²) in [6.45, 7) is 38.8. The topological polar surface area (TPSA) is 424 Å². The molecule has 0 saturated carbocycles. The van der Waals surface area contributed by atoms with Crippen LogP contribution in [0.15, 0.2) is 23.8 Å². The Bertz CT molecular complexity index is 4100. The van der Waals surface area contributed by atoms with E-state index < -0.39 is 0 Å². The first-order valence-corrected chi connectivity index (χ1v) is 27.2. The van der Waals surface area contributed by atoms with Crippen molar-refractivity contribution in [3.63, 3.8) is 0 Å². The zero-order valence-corrected chi connectivity index (χ0v) is 51.0. The molecule has 32 heteroatoms. The van der Waals surface area contributed by atoms with Crippen molar-refractivity contribution < 1.29 is 0 Å². The Hall–Kier alpha value is -9.91. The zero-order valence-electron chi connectivity index (χ0n) is 51.0. The molecule has 0 fully saturated rings. The first-order chi connectivity index (χ1) is 39.6. The van der Waals surface area contributed by atoms with Gasteiger partial charge in [0.25, 0.3) is 5.56 Å². The summed E-state index contributed by atoms with van der Waals surface area (Å²) in [5, 5.41) is 32.3. The summed E-state index contributed by atoms with van der Waals surface area (Å²) in [5.41, 5.74) is 33.8. The predicted molar refractivity (Wildman–Crippen MR) is 321 cm³/mol. The average Bonchev–Trinajstić information content (AvgIpc) is 2.64. The number of hydrogen-bond donors (Lipinski definition) is 5. The van der Waals surface area contributed by atoms with Crippen LogP contribution in [0.4, 0.5) is 23.4 Å². The molecule has 0 radical (unpaired) electrons. The van der Waals surface area contributed by atoms with E-state index in [1.54, 1.807) is 18.7 Å². The molecule has 12 heterocycles. The molecule has 0 amide bonds. The molecule has 0 aromatic carbocycles. The largest absolute Gasteiger partial charge is 0.382 e. The molecule has 84 heavy (non-hydrogen) atoms. The molecule has 12 aromatic heterocycles. The van der Waals surface area contributed by atoms with Crippen LogP contribution in [-0.4, -0.2) is 134 Å². The first-order valence-electron chi connectivity index (χ1n) is 27.2. The van der Waals surface area contributed by atoms with Crippen LogP contribution in [0.2, 0.25) is 0 Å². The van der Waals surface area contributed by atoms with Crippen molar-refractivity contribution in [2.75, 3.05) is 22.9 Å². The van der Waals surface area contributed by atoms with Crippen LogP contribution in [0.25, 0.3) is 66.9 Å². The fourth-order valence-corrected chi connectivity index (χ4v) is 9.03. The van der Waals surface area contributed by atoms with Crippen molar-refractivity contribution in [3.05, 3.63) is 69.5 Å². The molecule has 0 aliphatic carbocycles. The van der Waals surface area contributed by atoms with Gasteiger partial charge in [-0.15, -0.1) is 20.4 Å². The highest BCUT2D eigenvalue weighted by molar-refractivity contribution is 5.85. The summed E-state index contributed by atoms with van der Waals surface area (Å²) in [6, 6.07) is 1.57. The second-order valence-corrected chi connectivity index (χ2v) is 21.3. The Morgan fingerprint density at radius 3 is 1.18 bits per heavy atom. The van der Waals surface area contributed by atoms with Crippen molar-refractivity contribution >= 4 is 90.3 Å². The van der Waals surface area contributed by atoms with Crippen molar-refractivity contribution in [2.24, 2.45) is 0 Å². The molecule has 0 atom stereocenters. The lowest BCUT2D eigenvalue weighted by Gasteiger charge is -2.11. The minimum absolute atomic E-state index is 0.0756. The van der Waals surface area contributed by atoms with Crippen LogP contribution in [-0.2, 0) is 0 Å². The lowest BCUT2D eigenvalue weighted by Crippen LogP contribution is -2.12. The SMILES string of the molecule is CC(C)n1nnc2c(=O)[nH]c(N)nc21.CC(C)n1nnc2c(N)ncnc21.CC(C)n1nnc2c(N)ncnc21.CC(C)n1nnc2c(N)ncnc21.Cc1nc(C)c2c(C)c(C)n(C(C)C)c2n1.Cc1nc(C)c2nc(C)n(C(C)C)c2n1. The fraction of sp³-hybridized carbons (Fsp3) is 0.481. The second kappa shape index (κ2) is 25.5. The van der Waals surface area contributed by atoms with Crippen molar-refractivity contribution in [1.29, 1.82) is 0 Å². The zero-order chi connectivity index (χ0) is 61.8. The number of aromatic nitrogens is 27. The molecule has 9 N–H and O–H groups in total. The van der Waals surface area contributed by atoms with Gasteiger partial charge in [0.1, 0.15) is 47.6 Å². The van der Waals surface area contributed by atoms with Gasteiger partial charge in [-0.05, 0) is 137 Å². The number of anilines is 4. The van der Waals surface area contributed by atoms with Gasteiger partial charge in [-0.2, -0.15) is 4.98 Å². The lowest BCUT2D eigenvalue weighted by molar-refractivity contribution is 0.526. The number of hydrogen-bond acceptors (Lipinski definition) is 25. The molecule has 0 bridgehead atoms. The number of fused-ring (bicyclic) bond motifs is 6. The summed E-state index contributed by atoms with van der Waals surface area (Å²) in [7, 11) is 0. The Kier molecular flexibility index (Phi) is 18.7. The minimum Gasteiger partial charge on any atom is -0.382 e. The fourth-order valence-electron chi connectivity index (χ4n) is 9.03. The Morgan fingerprint density at radius 2 is 0.774 bits per heavy atom. The van der Waals surface area contributed by atoms with Crippen molar-refractivity contribution in [3.8, 4) is 0 Å². The summed E-state index contributed by atoms with van der Waals surface area (Å²) < 4.78 is 11.2. The number of imidazole rings is 1. The third-order valence-corrected chi connectivity index (χ3v) is 12.9. The monoisotopic (exact) mass is 1150 g/mol. The third kappa shape index (κ3) is 12.9. The minimum atomic E-state index is -0.362. The van der Waals surface area contributed by atoms with E-state index in [0.29, 0.717) is 68.7 Å². The number of nitrogen functional groups attached to an aromatic ring is 4. The highest BCUT2D eigenvalue weighted by atomic mass is 16.1. The van der Waals surface area contributed by atoms with Crippen LogP contribution in [0.3, 0.4) is 0 Å². The highest BCUT2D eigenvalue weighted by Crippen LogP contribution is 2.29. The summed E-state index contributed by atoms with van der Waals surface area (Å²) in [5.74, 6) is 3.85. The molecular formula is C52H75N31O. The number of aromatic amines is 1. The number of rotatable bonds is 6. The molecule has 0 saturated heterocycles. The Morgan fingerprint density at radius 1 is 0.393 bits per heavy atom. The van der Waals surface area contributed by atoms with Gasteiger partial charge in [-0.3, -0.25) is 9.78 Å². The van der Waals surface area contributed by atoms with Crippen molar-refractivity contribution in [2.45, 2.75) is 168 Å². The average molecular weight is 1150 g/mol. The number of aryl methyl sites for hydroxylation is 6. The molecule has 12 rings (SSSR count). The standard InChI is InChI=1S/C13H19N3.C11H16N4.C7H10N6O.3C7H10N6/c1-7(2)16-10(5)8(3)12-9(4)14-11(6)15-13(12)16;1-6(2)15-9(5)14-10-7(3)12-8(4)13-11(10)15;1-3(2)13-5-4(11-12-13)6(14)10-7(8)9-5;3*1-4(2)13-7-5(11-12-13)6(8)9-3-10-7/h7H,1-6H3;6H,1-5H3;3H,1-2H3,(H3,8,9,10,14);3*3-4H,1-2H3,(H2,8,9,10). The molecule has 0 aliphatic heterocycles. The molecular weight excluding hydrogens is 1070 g/mol. The van der Waals surface area contributed by atoms with E-state index in [0.717, 1.165) is 45.7 Å². The summed E-state index contributed by atoms with van der Waals surface area (Å²) >= 11 is 0. The summed E-state index contributed by atoms with van der Waals surface area (Å²) in [6.07, 6.45) is 4.25. The van der Waals surface area contributed by atoms with Gasteiger partial charge in [0.2, 0.25) is 5.95 Å². The van der Waals surface area contributed by atoms with E-state index >= 15 is 0 Å². The first kappa shape index (κ1) is 61.7. The van der Waals surface area contributed by atoms with E-state index in [1.807, 2.05) is 83.1 Å². The second-order valence-electron chi connectivity index (χ2n) is 21.3. The maximum atomic E-state index is 11.3. The number of nitrogens with zero attached hydrogens (tertiary/aromatic N) is 26. The van der Waals surface area contributed by atoms with Crippen LogP contribution < -0.4 is 28.5 Å². The Labute approximate surface area is 482 Å². The van der Waals surface area contributed by atoms with Crippen molar-refractivity contribution in [1.82, 2.24) is 134 Å². The van der Waals surface area contributed by atoms with E-state index in [-0.39, 0.29) is 41.2 Å². The van der Waals surface area contributed by atoms with Crippen LogP contribution in [0.5, 0.6) is 0 Å². The van der Waals surface area contributed by atoms with Crippen LogP contribution in [0, 0.1) is 48.5 Å². The van der Waals surface area contributed by atoms with Gasteiger partial charge in [0, 0.05) is 23.2 Å². The van der Waals surface area contributed by atoms with Gasteiger partial charge in [-0.1, -0.05) is 20.9 Å². The van der Waals surface area contributed by atoms with Gasteiger partial charge >= 0.3 is 0 Å². The van der Waals surface area contributed by atoms with E-state index in [9.17, 15) is 4.79 Å². The molecule has 444 valence electrons. The molecule has 12 aromatic rings. The van der Waals surface area contributed by atoms with Gasteiger partial charge in [0.05, 0.1) is 35.6 Å². The summed E-state index contributed by atoms with van der Waals surface area (Å²) in [4.78, 5) is 63.7. The third-order valence-electron chi connectivity index (χ3n) is 12.9. The molecule has 0 unspecified atom stereocenters. The molecule has 0 aliphatic rings. The number of nitrogens with one attached hydrogen (secondary N) is 1. The maximum Gasteiger partial charge on any atom is 0.282 e. The van der Waals surface area contributed by atoms with Gasteiger partial charge in [0.15, 0.2) is 67.8 Å². The van der Waals surface area contributed by atoms with Crippen LogP contribution in [0.1, 0.15) is 159 Å². The van der Waals surface area contributed by atoms with E-state index in [4.69, 9.17) is 22.9 Å². The lowest BCUT2D eigenvalue weighted by atomic mass is 10.2. The normalized spacial score (nSPS) is 11.4. The van der Waals surface area contributed by atoms with Gasteiger partial charge < -0.3 is 32.1 Å². The van der Waals surface area contributed by atoms with Crippen LogP contribution >= 0.6 is 0 Å². The highest BCUT2D eigenvalue weighted by Gasteiger charge is 2.19. The smallest absolute Gasteiger partial charge is 0.282 e. The van der Waals surface area contributed by atoms with Gasteiger partial charge in [-0.25, -0.2) is 73.6 Å². The Balaban J connectivity index is 0.000000145. The maximum absolute atomic E-state index is 11.3. The quantitative estimate of drug-likeness (QED) is 0.120. The predicted octanol–water partition coefficient (Wildman–Crippen LogP) is 6.41. The molecule has 32 nitrogen and oxygen atoms in total. The number of nitrogens with two attached hydrogens (primary N) is 4.